The van der Waals surface area contributed by atoms with Crippen molar-refractivity contribution in [3.63, 3.8) is 0 Å². The van der Waals surface area contributed by atoms with E-state index in [2.05, 4.69) is 31.0 Å². The highest BCUT2D eigenvalue weighted by molar-refractivity contribution is 5.09. The smallest absolute Gasteiger partial charge is 0.0299 e. The van der Waals surface area contributed by atoms with E-state index < -0.39 is 0 Å². The molecule has 1 rings (SSSR count). The Kier molecular flexibility index (Phi) is 10.3. The number of hydrogen-bond acceptors (Lipinski definition) is 1. The van der Waals surface area contributed by atoms with Gasteiger partial charge in [0.05, 0.1) is 0 Å². The summed E-state index contributed by atoms with van der Waals surface area (Å²) < 4.78 is 0. The predicted octanol–water partition coefficient (Wildman–Crippen LogP) is 6.18. The van der Waals surface area contributed by atoms with Gasteiger partial charge in [0.1, 0.15) is 0 Å². The van der Waals surface area contributed by atoms with Gasteiger partial charge in [0.15, 0.2) is 0 Å². The van der Waals surface area contributed by atoms with Crippen molar-refractivity contribution in [1.29, 1.82) is 0 Å². The van der Waals surface area contributed by atoms with Crippen LogP contribution in [0.2, 0.25) is 0 Å². The molecule has 1 heterocycles. The molecule has 0 spiro atoms. The minimum Gasteiger partial charge on any atom is -0.264 e. The molecule has 1 aromatic rings. The van der Waals surface area contributed by atoms with Crippen LogP contribution in [0.3, 0.4) is 0 Å². The largest absolute Gasteiger partial charge is 0.264 e. The van der Waals surface area contributed by atoms with Crippen LogP contribution in [-0.2, 0) is 6.42 Å². The zero-order chi connectivity index (χ0) is 14.5. The first kappa shape index (κ1) is 17.2. The van der Waals surface area contributed by atoms with Crippen LogP contribution in [0.15, 0.2) is 24.5 Å². The van der Waals surface area contributed by atoms with E-state index in [4.69, 9.17) is 0 Å². The highest BCUT2D eigenvalue weighted by Crippen LogP contribution is 2.22. The summed E-state index contributed by atoms with van der Waals surface area (Å²) in [5, 5.41) is 0. The fourth-order valence-corrected chi connectivity index (χ4v) is 2.92. The number of nitrogens with zero attached hydrogens (tertiary/aromatic N) is 1. The lowest BCUT2D eigenvalue weighted by atomic mass is 9.89. The predicted molar refractivity (Wildman–Crippen MR) is 88.9 cm³/mol. The molecule has 0 N–H and O–H groups in total. The minimum absolute atomic E-state index is 0.868. The van der Waals surface area contributed by atoms with Gasteiger partial charge in [-0.1, -0.05) is 84.1 Å². The van der Waals surface area contributed by atoms with Crippen molar-refractivity contribution in [2.75, 3.05) is 0 Å². The second-order valence-electron chi connectivity index (χ2n) is 6.13. The normalized spacial score (nSPS) is 11.2. The quantitative estimate of drug-likeness (QED) is 0.415. The first-order chi connectivity index (χ1) is 9.86. The van der Waals surface area contributed by atoms with E-state index in [1.54, 1.807) is 0 Å². The average molecular weight is 275 g/mol. The van der Waals surface area contributed by atoms with E-state index in [1.165, 1.54) is 76.2 Å². The van der Waals surface area contributed by atoms with Gasteiger partial charge >= 0.3 is 0 Å². The standard InChI is InChI=1S/C19H33N/c1-3-5-7-9-12-18(13-10-8-6-4-2)16-19-14-11-15-20-17-19/h11,14-15,17-18H,3-10,12-13,16H2,1-2H3. The lowest BCUT2D eigenvalue weighted by Gasteiger charge is -2.17. The molecule has 0 atom stereocenters. The van der Waals surface area contributed by atoms with Crippen LogP contribution < -0.4 is 0 Å². The van der Waals surface area contributed by atoms with Gasteiger partial charge in [-0.05, 0) is 24.0 Å². The first-order valence-corrected chi connectivity index (χ1v) is 8.75. The second-order valence-corrected chi connectivity index (χ2v) is 6.13. The van der Waals surface area contributed by atoms with Crippen LogP contribution in [-0.4, -0.2) is 4.98 Å². The Balaban J connectivity index is 2.33. The molecule has 1 aromatic heterocycles. The van der Waals surface area contributed by atoms with Crippen molar-refractivity contribution in [3.05, 3.63) is 30.1 Å². The molecule has 114 valence electrons. The summed E-state index contributed by atoms with van der Waals surface area (Å²) in [4.78, 5) is 4.26. The van der Waals surface area contributed by atoms with Crippen molar-refractivity contribution in [3.8, 4) is 0 Å². The Morgan fingerprint density at radius 3 is 2.05 bits per heavy atom. The third-order valence-electron chi connectivity index (χ3n) is 4.18. The van der Waals surface area contributed by atoms with Gasteiger partial charge in [0, 0.05) is 12.4 Å². The number of pyridine rings is 1. The molecule has 20 heavy (non-hydrogen) atoms. The second kappa shape index (κ2) is 11.9. The van der Waals surface area contributed by atoms with Gasteiger partial charge in [0.2, 0.25) is 0 Å². The molecular formula is C19H33N. The van der Waals surface area contributed by atoms with Crippen molar-refractivity contribution in [2.45, 2.75) is 84.5 Å². The molecule has 0 amide bonds. The topological polar surface area (TPSA) is 12.9 Å². The van der Waals surface area contributed by atoms with Crippen LogP contribution >= 0.6 is 0 Å². The SMILES string of the molecule is CCCCCCC(CCCCCC)Cc1cccnc1. The van der Waals surface area contributed by atoms with Crippen molar-refractivity contribution in [2.24, 2.45) is 5.92 Å². The Morgan fingerprint density at radius 2 is 1.55 bits per heavy atom. The van der Waals surface area contributed by atoms with Gasteiger partial charge in [-0.3, -0.25) is 4.98 Å². The summed E-state index contributed by atoms with van der Waals surface area (Å²) in [6, 6.07) is 4.30. The van der Waals surface area contributed by atoms with Crippen molar-refractivity contribution < 1.29 is 0 Å². The Labute approximate surface area is 126 Å². The molecular weight excluding hydrogens is 242 g/mol. The number of rotatable bonds is 12. The molecule has 0 saturated heterocycles. The minimum atomic E-state index is 0.868. The van der Waals surface area contributed by atoms with Crippen molar-refractivity contribution in [1.82, 2.24) is 4.98 Å². The molecule has 0 aliphatic heterocycles. The summed E-state index contributed by atoms with van der Waals surface area (Å²) in [6.07, 6.45) is 19.1. The molecule has 0 unspecified atom stereocenters. The maximum Gasteiger partial charge on any atom is 0.0299 e. The molecule has 0 radical (unpaired) electrons. The molecule has 0 saturated carbocycles. The van der Waals surface area contributed by atoms with E-state index in [0.717, 1.165) is 5.92 Å². The van der Waals surface area contributed by atoms with E-state index in [-0.39, 0.29) is 0 Å². The fraction of sp³-hybridized carbons (Fsp3) is 0.737. The van der Waals surface area contributed by atoms with E-state index in [1.807, 2.05) is 12.4 Å². The molecule has 0 aliphatic carbocycles. The van der Waals surface area contributed by atoms with Crippen LogP contribution in [0.4, 0.5) is 0 Å². The molecule has 0 bridgehead atoms. The maximum absolute atomic E-state index is 4.26. The number of unbranched alkanes of at least 4 members (excludes halogenated alkanes) is 6. The first-order valence-electron chi connectivity index (χ1n) is 8.75. The summed E-state index contributed by atoms with van der Waals surface area (Å²) in [6.45, 7) is 4.58. The van der Waals surface area contributed by atoms with Gasteiger partial charge < -0.3 is 0 Å². The molecule has 0 aliphatic rings. The van der Waals surface area contributed by atoms with Crippen LogP contribution in [0.5, 0.6) is 0 Å². The summed E-state index contributed by atoms with van der Waals surface area (Å²) >= 11 is 0. The monoisotopic (exact) mass is 275 g/mol. The number of hydrogen-bond donors (Lipinski definition) is 0. The lowest BCUT2D eigenvalue weighted by molar-refractivity contribution is 0.403. The zero-order valence-electron chi connectivity index (χ0n) is 13.6. The fourth-order valence-electron chi connectivity index (χ4n) is 2.92. The van der Waals surface area contributed by atoms with Gasteiger partial charge in [0.25, 0.3) is 0 Å². The lowest BCUT2D eigenvalue weighted by Crippen LogP contribution is -2.05. The third kappa shape index (κ3) is 8.35. The van der Waals surface area contributed by atoms with Gasteiger partial charge in [-0.15, -0.1) is 0 Å². The number of aromatic nitrogens is 1. The van der Waals surface area contributed by atoms with Gasteiger partial charge in [-0.2, -0.15) is 0 Å². The van der Waals surface area contributed by atoms with E-state index >= 15 is 0 Å². The van der Waals surface area contributed by atoms with Crippen LogP contribution in [0.25, 0.3) is 0 Å². The van der Waals surface area contributed by atoms with Crippen molar-refractivity contribution >= 4 is 0 Å². The maximum atomic E-state index is 4.26. The molecule has 1 heteroatoms. The molecule has 1 nitrogen and oxygen atoms in total. The summed E-state index contributed by atoms with van der Waals surface area (Å²) in [5.74, 6) is 0.868. The summed E-state index contributed by atoms with van der Waals surface area (Å²) in [7, 11) is 0. The Bertz CT molecular complexity index is 295. The Morgan fingerprint density at radius 1 is 0.900 bits per heavy atom. The third-order valence-corrected chi connectivity index (χ3v) is 4.18. The van der Waals surface area contributed by atoms with Gasteiger partial charge in [-0.25, -0.2) is 0 Å². The molecule has 0 aromatic carbocycles. The summed E-state index contributed by atoms with van der Waals surface area (Å²) in [5.41, 5.74) is 1.42. The van der Waals surface area contributed by atoms with E-state index in [9.17, 15) is 0 Å². The average Bonchev–Trinajstić information content (AvgIpc) is 2.49. The van der Waals surface area contributed by atoms with Crippen LogP contribution in [0.1, 0.15) is 83.6 Å². The highest BCUT2D eigenvalue weighted by Gasteiger charge is 2.09. The van der Waals surface area contributed by atoms with E-state index in [0.29, 0.717) is 0 Å². The highest BCUT2D eigenvalue weighted by atomic mass is 14.6. The molecule has 0 fully saturated rings. The Hall–Kier alpha value is -0.850. The zero-order valence-corrected chi connectivity index (χ0v) is 13.6. The van der Waals surface area contributed by atoms with Crippen LogP contribution in [0, 0.1) is 5.92 Å².